The van der Waals surface area contributed by atoms with Gasteiger partial charge in [-0.15, -0.1) is 0 Å². The molecular formula is C20H24FN3O3. The van der Waals surface area contributed by atoms with Gasteiger partial charge in [0.15, 0.2) is 0 Å². The van der Waals surface area contributed by atoms with E-state index in [1.807, 2.05) is 13.8 Å². The van der Waals surface area contributed by atoms with Gasteiger partial charge in [0.2, 0.25) is 0 Å². The topological polar surface area (TPSA) is 63.6 Å². The number of methoxy groups -OCH3 is 1. The summed E-state index contributed by atoms with van der Waals surface area (Å²) < 4.78 is 20.7. The largest absolute Gasteiger partial charge is 0.453 e. The Hall–Kier alpha value is -2.83. The average molecular weight is 373 g/mol. The van der Waals surface area contributed by atoms with E-state index in [2.05, 4.69) is 5.32 Å². The number of benzene rings is 1. The van der Waals surface area contributed by atoms with Gasteiger partial charge >= 0.3 is 6.09 Å². The van der Waals surface area contributed by atoms with E-state index in [-0.39, 0.29) is 23.9 Å². The number of likely N-dealkylation sites (tertiary alicyclic amines) is 1. The van der Waals surface area contributed by atoms with Gasteiger partial charge in [0.05, 0.1) is 18.4 Å². The molecule has 1 aliphatic heterocycles. The highest BCUT2D eigenvalue weighted by molar-refractivity contribution is 5.96. The Morgan fingerprint density at radius 1 is 1.19 bits per heavy atom. The maximum atomic E-state index is 14.2. The van der Waals surface area contributed by atoms with Crippen LogP contribution in [0.1, 0.15) is 34.6 Å². The number of aromatic nitrogens is 1. The average Bonchev–Trinajstić information content (AvgIpc) is 2.96. The van der Waals surface area contributed by atoms with Crippen molar-refractivity contribution in [3.05, 3.63) is 53.1 Å². The Kier molecular flexibility index (Phi) is 5.48. The lowest BCUT2D eigenvalue weighted by Gasteiger charge is -2.31. The van der Waals surface area contributed by atoms with Gasteiger partial charge in [0, 0.05) is 30.5 Å². The van der Waals surface area contributed by atoms with Crippen LogP contribution in [0.15, 0.2) is 30.3 Å². The maximum Gasteiger partial charge on any atom is 0.409 e. The summed E-state index contributed by atoms with van der Waals surface area (Å²) in [5.41, 5.74) is 2.45. The smallest absolute Gasteiger partial charge is 0.409 e. The lowest BCUT2D eigenvalue weighted by atomic mass is 10.0. The van der Waals surface area contributed by atoms with Gasteiger partial charge in [0.1, 0.15) is 5.82 Å². The number of para-hydroxylation sites is 1. The van der Waals surface area contributed by atoms with Gasteiger partial charge in [-0.2, -0.15) is 0 Å². The lowest BCUT2D eigenvalue weighted by molar-refractivity contribution is 0.0891. The summed E-state index contributed by atoms with van der Waals surface area (Å²) >= 11 is 0. The van der Waals surface area contributed by atoms with E-state index < -0.39 is 0 Å². The van der Waals surface area contributed by atoms with E-state index in [1.54, 1.807) is 33.7 Å². The molecule has 1 N–H and O–H groups in total. The van der Waals surface area contributed by atoms with Gasteiger partial charge in [-0.3, -0.25) is 4.79 Å². The van der Waals surface area contributed by atoms with Crippen LogP contribution >= 0.6 is 0 Å². The van der Waals surface area contributed by atoms with Crippen molar-refractivity contribution in [1.82, 2.24) is 14.8 Å². The number of rotatable bonds is 3. The van der Waals surface area contributed by atoms with Crippen LogP contribution in [0.3, 0.4) is 0 Å². The van der Waals surface area contributed by atoms with Crippen LogP contribution in [0.25, 0.3) is 5.69 Å². The zero-order valence-corrected chi connectivity index (χ0v) is 15.8. The molecule has 0 atom stereocenters. The number of aryl methyl sites for hydroxylation is 1. The molecule has 3 rings (SSSR count). The Morgan fingerprint density at radius 3 is 2.48 bits per heavy atom. The number of amides is 2. The standard InChI is InChI=1S/C20H24FN3O3/c1-13-12-16(14(2)24(13)18-7-5-4-6-17(18)21)19(25)22-15-8-10-23(11-9-15)20(26)27-3/h4-7,12,15H,8-11H2,1-3H3,(H,22,25). The summed E-state index contributed by atoms with van der Waals surface area (Å²) in [6, 6.07) is 8.28. The second kappa shape index (κ2) is 7.82. The number of hydrogen-bond donors (Lipinski definition) is 1. The Labute approximate surface area is 157 Å². The van der Waals surface area contributed by atoms with Crippen LogP contribution in [0.4, 0.5) is 9.18 Å². The number of piperidine rings is 1. The number of carbonyl (C=O) groups is 2. The van der Waals surface area contributed by atoms with Crippen molar-refractivity contribution in [2.24, 2.45) is 0 Å². The summed E-state index contributed by atoms with van der Waals surface area (Å²) in [4.78, 5) is 25.9. The molecule has 7 heteroatoms. The molecule has 144 valence electrons. The Balaban J connectivity index is 1.73. The first-order valence-corrected chi connectivity index (χ1v) is 9.00. The highest BCUT2D eigenvalue weighted by Crippen LogP contribution is 2.23. The first kappa shape index (κ1) is 18.9. The number of hydrogen-bond acceptors (Lipinski definition) is 3. The number of ether oxygens (including phenoxy) is 1. The number of carbonyl (C=O) groups excluding carboxylic acids is 2. The van der Waals surface area contributed by atoms with Crippen LogP contribution in [-0.4, -0.2) is 47.7 Å². The molecule has 2 aromatic rings. The van der Waals surface area contributed by atoms with Crippen molar-refractivity contribution in [3.8, 4) is 5.69 Å². The fourth-order valence-electron chi connectivity index (χ4n) is 3.60. The van der Waals surface area contributed by atoms with Crippen LogP contribution in [0.2, 0.25) is 0 Å². The van der Waals surface area contributed by atoms with Gasteiger partial charge in [-0.05, 0) is 44.9 Å². The minimum atomic E-state index is -0.340. The Bertz CT molecular complexity index is 854. The van der Waals surface area contributed by atoms with Crippen molar-refractivity contribution in [2.45, 2.75) is 32.7 Å². The fraction of sp³-hybridized carbons (Fsp3) is 0.400. The van der Waals surface area contributed by atoms with E-state index >= 15 is 0 Å². The monoisotopic (exact) mass is 373 g/mol. The van der Waals surface area contributed by atoms with E-state index in [0.717, 1.165) is 5.69 Å². The molecule has 6 nitrogen and oxygen atoms in total. The second-order valence-electron chi connectivity index (χ2n) is 6.78. The molecule has 0 saturated carbocycles. The van der Waals surface area contributed by atoms with Crippen LogP contribution in [0.5, 0.6) is 0 Å². The van der Waals surface area contributed by atoms with Crippen molar-refractivity contribution in [3.63, 3.8) is 0 Å². The lowest BCUT2D eigenvalue weighted by Crippen LogP contribution is -2.46. The second-order valence-corrected chi connectivity index (χ2v) is 6.78. The quantitative estimate of drug-likeness (QED) is 0.899. The van der Waals surface area contributed by atoms with Crippen LogP contribution < -0.4 is 5.32 Å². The summed E-state index contributed by atoms with van der Waals surface area (Å²) in [6.07, 6.45) is 1.01. The minimum Gasteiger partial charge on any atom is -0.453 e. The van der Waals surface area contributed by atoms with Crippen molar-refractivity contribution in [2.75, 3.05) is 20.2 Å². The molecule has 1 aromatic carbocycles. The molecule has 2 amide bonds. The number of nitrogens with zero attached hydrogens (tertiary/aromatic N) is 2. The van der Waals surface area contributed by atoms with Gasteiger partial charge < -0.3 is 19.5 Å². The van der Waals surface area contributed by atoms with E-state index in [9.17, 15) is 14.0 Å². The molecule has 0 unspecified atom stereocenters. The summed E-state index contributed by atoms with van der Waals surface area (Å²) in [5, 5.41) is 3.04. The van der Waals surface area contributed by atoms with Gasteiger partial charge in [-0.25, -0.2) is 9.18 Å². The van der Waals surface area contributed by atoms with Crippen LogP contribution in [-0.2, 0) is 4.74 Å². The zero-order chi connectivity index (χ0) is 19.6. The van der Waals surface area contributed by atoms with E-state index in [0.29, 0.717) is 42.9 Å². The molecule has 1 aliphatic rings. The van der Waals surface area contributed by atoms with Gasteiger partial charge in [0.25, 0.3) is 5.91 Å². The first-order chi connectivity index (χ1) is 12.9. The molecule has 1 fully saturated rings. The highest BCUT2D eigenvalue weighted by Gasteiger charge is 2.26. The number of nitrogens with one attached hydrogen (secondary N) is 1. The van der Waals surface area contributed by atoms with Gasteiger partial charge in [-0.1, -0.05) is 12.1 Å². The molecule has 0 spiro atoms. The summed E-state index contributed by atoms with van der Waals surface area (Å²) in [6.45, 7) is 4.76. The third-order valence-corrected chi connectivity index (χ3v) is 5.03. The highest BCUT2D eigenvalue weighted by atomic mass is 19.1. The molecule has 0 radical (unpaired) electrons. The normalized spacial score (nSPS) is 14.9. The predicted octanol–water partition coefficient (Wildman–Crippen LogP) is 3.19. The molecule has 1 saturated heterocycles. The maximum absolute atomic E-state index is 14.2. The molecule has 27 heavy (non-hydrogen) atoms. The van der Waals surface area contributed by atoms with Crippen LogP contribution in [0, 0.1) is 19.7 Å². The molecule has 0 aliphatic carbocycles. The summed E-state index contributed by atoms with van der Waals surface area (Å²) in [5.74, 6) is -0.511. The van der Waals surface area contributed by atoms with Crippen molar-refractivity contribution >= 4 is 12.0 Å². The van der Waals surface area contributed by atoms with E-state index in [4.69, 9.17) is 4.74 Å². The molecule has 2 heterocycles. The third-order valence-electron chi connectivity index (χ3n) is 5.03. The molecular weight excluding hydrogens is 349 g/mol. The first-order valence-electron chi connectivity index (χ1n) is 9.00. The summed E-state index contributed by atoms with van der Waals surface area (Å²) in [7, 11) is 1.36. The van der Waals surface area contributed by atoms with Crippen molar-refractivity contribution in [1.29, 1.82) is 0 Å². The third kappa shape index (κ3) is 3.82. The fourth-order valence-corrected chi connectivity index (χ4v) is 3.60. The SMILES string of the molecule is COC(=O)N1CCC(NC(=O)c2cc(C)n(-c3ccccc3F)c2C)CC1. The van der Waals surface area contributed by atoms with E-state index in [1.165, 1.54) is 13.2 Å². The Morgan fingerprint density at radius 2 is 1.85 bits per heavy atom. The number of halogens is 1. The zero-order valence-electron chi connectivity index (χ0n) is 15.8. The predicted molar refractivity (Wildman–Crippen MR) is 99.7 cm³/mol. The van der Waals surface area contributed by atoms with Crippen molar-refractivity contribution < 1.29 is 18.7 Å². The molecule has 0 bridgehead atoms. The minimum absolute atomic E-state index is 0.00470. The molecule has 1 aromatic heterocycles.